The van der Waals surface area contributed by atoms with Crippen LogP contribution in [0.3, 0.4) is 0 Å². The highest BCUT2D eigenvalue weighted by atomic mass is 35.5. The fourth-order valence-electron chi connectivity index (χ4n) is 2.39. The first kappa shape index (κ1) is 17.1. The first-order valence-electron chi connectivity index (χ1n) is 7.30. The molecule has 5 nitrogen and oxygen atoms in total. The number of nitrogens with one attached hydrogen (secondary N) is 2. The van der Waals surface area contributed by atoms with E-state index in [4.69, 9.17) is 16.0 Å². The van der Waals surface area contributed by atoms with E-state index in [2.05, 4.69) is 10.9 Å². The van der Waals surface area contributed by atoms with E-state index in [-0.39, 0.29) is 11.8 Å². The molecule has 122 valence electrons. The predicted molar refractivity (Wildman–Crippen MR) is 88.1 cm³/mol. The van der Waals surface area contributed by atoms with Gasteiger partial charge in [-0.15, -0.1) is 0 Å². The van der Waals surface area contributed by atoms with Crippen molar-refractivity contribution in [1.82, 2.24) is 10.9 Å². The summed E-state index contributed by atoms with van der Waals surface area (Å²) in [5.74, 6) is -0.531. The number of carbonyl (C=O) groups is 2. The third-order valence-electron chi connectivity index (χ3n) is 3.58. The van der Waals surface area contributed by atoms with Crippen LogP contribution in [0.5, 0.6) is 0 Å². The Morgan fingerprint density at radius 3 is 2.26 bits per heavy atom. The van der Waals surface area contributed by atoms with Gasteiger partial charge in [-0.2, -0.15) is 0 Å². The second-order valence-corrected chi connectivity index (χ2v) is 6.04. The Balaban J connectivity index is 2.06. The second-order valence-electron chi connectivity index (χ2n) is 5.61. The number of furan rings is 1. The minimum atomic E-state index is -0.414. The maximum Gasteiger partial charge on any atom is 0.273 e. The van der Waals surface area contributed by atoms with Gasteiger partial charge in [0.1, 0.15) is 5.76 Å². The molecule has 2 N–H and O–H groups in total. The fourth-order valence-corrected chi connectivity index (χ4v) is 2.52. The number of hydrazine groups is 1. The van der Waals surface area contributed by atoms with E-state index in [9.17, 15) is 9.59 Å². The van der Waals surface area contributed by atoms with Crippen LogP contribution >= 0.6 is 11.6 Å². The first-order valence-corrected chi connectivity index (χ1v) is 7.67. The third kappa shape index (κ3) is 4.13. The minimum absolute atomic E-state index is 0.0590. The molecule has 1 unspecified atom stereocenters. The average Bonchev–Trinajstić information content (AvgIpc) is 2.93. The van der Waals surface area contributed by atoms with Gasteiger partial charge in [-0.3, -0.25) is 20.4 Å². The second kappa shape index (κ2) is 7.33. The van der Waals surface area contributed by atoms with Crippen molar-refractivity contribution in [2.45, 2.75) is 26.7 Å². The van der Waals surface area contributed by atoms with Crippen LogP contribution in [0.25, 0.3) is 0 Å². The van der Waals surface area contributed by atoms with Gasteiger partial charge in [0.2, 0.25) is 5.91 Å². The summed E-state index contributed by atoms with van der Waals surface area (Å²) in [5, 5.41) is 0.611. The lowest BCUT2D eigenvalue weighted by atomic mass is 9.88. The summed E-state index contributed by atoms with van der Waals surface area (Å²) in [6.07, 6.45) is 1.43. The van der Waals surface area contributed by atoms with Crippen molar-refractivity contribution >= 4 is 23.4 Å². The SMILES string of the molecule is Cc1occc1C(=O)NNC(=O)C(c1ccc(Cl)cc1)C(C)C. The Morgan fingerprint density at radius 1 is 1.09 bits per heavy atom. The maximum atomic E-state index is 12.4. The number of benzene rings is 1. The molecule has 0 bridgehead atoms. The molecule has 1 aromatic carbocycles. The zero-order valence-corrected chi connectivity index (χ0v) is 14.0. The normalized spacial score (nSPS) is 12.0. The summed E-state index contributed by atoms with van der Waals surface area (Å²) in [5.41, 5.74) is 6.13. The Bertz CT molecular complexity index is 692. The highest BCUT2D eigenvalue weighted by Gasteiger charge is 2.25. The molecule has 23 heavy (non-hydrogen) atoms. The van der Waals surface area contributed by atoms with Crippen LogP contribution in [0.1, 0.15) is 41.4 Å². The zero-order chi connectivity index (χ0) is 17.0. The maximum absolute atomic E-state index is 12.4. The third-order valence-corrected chi connectivity index (χ3v) is 3.83. The van der Waals surface area contributed by atoms with Gasteiger partial charge in [-0.25, -0.2) is 0 Å². The highest BCUT2D eigenvalue weighted by Crippen LogP contribution is 2.25. The number of hydrogen-bond acceptors (Lipinski definition) is 3. The van der Waals surface area contributed by atoms with Gasteiger partial charge in [-0.1, -0.05) is 37.6 Å². The molecule has 1 heterocycles. The monoisotopic (exact) mass is 334 g/mol. The van der Waals surface area contributed by atoms with Crippen molar-refractivity contribution in [3.8, 4) is 0 Å². The highest BCUT2D eigenvalue weighted by molar-refractivity contribution is 6.30. The molecule has 2 aromatic rings. The molecule has 0 aliphatic rings. The van der Waals surface area contributed by atoms with Gasteiger partial charge in [0, 0.05) is 5.02 Å². The largest absolute Gasteiger partial charge is 0.469 e. The van der Waals surface area contributed by atoms with E-state index in [1.54, 1.807) is 25.1 Å². The lowest BCUT2D eigenvalue weighted by molar-refractivity contribution is -0.124. The molecule has 2 amide bonds. The van der Waals surface area contributed by atoms with Crippen molar-refractivity contribution in [3.05, 3.63) is 58.5 Å². The topological polar surface area (TPSA) is 71.3 Å². The minimum Gasteiger partial charge on any atom is -0.469 e. The van der Waals surface area contributed by atoms with Crippen LogP contribution in [-0.4, -0.2) is 11.8 Å². The van der Waals surface area contributed by atoms with E-state index in [0.29, 0.717) is 16.3 Å². The van der Waals surface area contributed by atoms with Crippen LogP contribution in [-0.2, 0) is 4.79 Å². The van der Waals surface area contributed by atoms with Crippen molar-refractivity contribution in [2.75, 3.05) is 0 Å². The molecule has 0 spiro atoms. The Morgan fingerprint density at radius 2 is 1.74 bits per heavy atom. The Hall–Kier alpha value is -2.27. The lowest BCUT2D eigenvalue weighted by Crippen LogP contribution is -2.45. The van der Waals surface area contributed by atoms with Gasteiger partial charge >= 0.3 is 0 Å². The van der Waals surface area contributed by atoms with E-state index < -0.39 is 11.8 Å². The van der Waals surface area contributed by atoms with E-state index in [0.717, 1.165) is 5.56 Å². The summed E-state index contributed by atoms with van der Waals surface area (Å²) in [6, 6.07) is 8.67. The van der Waals surface area contributed by atoms with Crippen molar-refractivity contribution in [2.24, 2.45) is 5.92 Å². The predicted octanol–water partition coefficient (Wildman–Crippen LogP) is 3.44. The molecule has 0 aliphatic heterocycles. The van der Waals surface area contributed by atoms with E-state index in [1.165, 1.54) is 6.26 Å². The molecule has 2 rings (SSSR count). The summed E-state index contributed by atoms with van der Waals surface area (Å²) >= 11 is 5.88. The summed E-state index contributed by atoms with van der Waals surface area (Å²) in [4.78, 5) is 24.4. The number of aryl methyl sites for hydroxylation is 1. The molecular formula is C17H19ClN2O3. The molecule has 6 heteroatoms. The molecule has 0 aliphatic carbocycles. The number of carbonyl (C=O) groups excluding carboxylic acids is 2. The van der Waals surface area contributed by atoms with E-state index >= 15 is 0 Å². The lowest BCUT2D eigenvalue weighted by Gasteiger charge is -2.21. The van der Waals surface area contributed by atoms with Gasteiger partial charge in [0.05, 0.1) is 17.7 Å². The number of amides is 2. The zero-order valence-electron chi connectivity index (χ0n) is 13.2. The average molecular weight is 335 g/mol. The molecule has 1 atom stereocenters. The molecule has 0 saturated heterocycles. The number of rotatable bonds is 4. The Kier molecular flexibility index (Phi) is 5.45. The van der Waals surface area contributed by atoms with Crippen molar-refractivity contribution in [1.29, 1.82) is 0 Å². The molecule has 1 aromatic heterocycles. The standard InChI is InChI=1S/C17H19ClN2O3/c1-10(2)15(12-4-6-13(18)7-5-12)17(22)20-19-16(21)14-8-9-23-11(14)3/h4-10,15H,1-3H3,(H,19,21)(H,20,22). The van der Waals surface area contributed by atoms with Gasteiger partial charge < -0.3 is 4.42 Å². The molecule has 0 fully saturated rings. The van der Waals surface area contributed by atoms with Crippen molar-refractivity contribution < 1.29 is 14.0 Å². The molecule has 0 saturated carbocycles. The Labute approximate surface area is 140 Å². The summed E-state index contributed by atoms with van der Waals surface area (Å²) in [7, 11) is 0. The van der Waals surface area contributed by atoms with Crippen LogP contribution < -0.4 is 10.9 Å². The number of halogens is 1. The van der Waals surface area contributed by atoms with Crippen LogP contribution in [0.4, 0.5) is 0 Å². The van der Waals surface area contributed by atoms with Crippen LogP contribution in [0.2, 0.25) is 5.02 Å². The van der Waals surface area contributed by atoms with Gasteiger partial charge in [-0.05, 0) is 36.6 Å². The van der Waals surface area contributed by atoms with Gasteiger partial charge in [0.25, 0.3) is 5.91 Å². The van der Waals surface area contributed by atoms with Crippen LogP contribution in [0, 0.1) is 12.8 Å². The smallest absolute Gasteiger partial charge is 0.273 e. The van der Waals surface area contributed by atoms with E-state index in [1.807, 2.05) is 26.0 Å². The molecule has 0 radical (unpaired) electrons. The summed E-state index contributed by atoms with van der Waals surface area (Å²) < 4.78 is 5.07. The van der Waals surface area contributed by atoms with Gasteiger partial charge in [0.15, 0.2) is 0 Å². The molecular weight excluding hydrogens is 316 g/mol. The summed E-state index contributed by atoms with van der Waals surface area (Å²) in [6.45, 7) is 5.57. The quantitative estimate of drug-likeness (QED) is 0.841. The number of hydrogen-bond donors (Lipinski definition) is 2. The first-order chi connectivity index (χ1) is 10.9. The van der Waals surface area contributed by atoms with Crippen LogP contribution in [0.15, 0.2) is 41.0 Å². The van der Waals surface area contributed by atoms with Crippen molar-refractivity contribution in [3.63, 3.8) is 0 Å². The fraction of sp³-hybridized carbons (Fsp3) is 0.294.